The minimum atomic E-state index is -1.40. The van der Waals surface area contributed by atoms with Gasteiger partial charge in [-0.25, -0.2) is 13.2 Å². The van der Waals surface area contributed by atoms with E-state index in [1.807, 2.05) is 6.20 Å². The first-order chi connectivity index (χ1) is 14.1. The van der Waals surface area contributed by atoms with Gasteiger partial charge in [0, 0.05) is 23.8 Å². The minimum absolute atomic E-state index is 0.165. The number of nitrogens with zero attached hydrogens (tertiary/aromatic N) is 2. The zero-order valence-electron chi connectivity index (χ0n) is 17.7. The molecule has 0 aliphatic heterocycles. The topological polar surface area (TPSA) is 46.9 Å². The molecule has 1 aromatic heterocycles. The smallest absolute Gasteiger partial charge is 0.256 e. The average Bonchev–Trinajstić information content (AvgIpc) is 3.06. The molecule has 0 spiro atoms. The maximum atomic E-state index is 14.4. The fourth-order valence-electron chi connectivity index (χ4n) is 4.33. The van der Waals surface area contributed by atoms with Crippen LogP contribution in [0.25, 0.3) is 0 Å². The van der Waals surface area contributed by atoms with Crippen LogP contribution in [0.5, 0.6) is 0 Å². The summed E-state index contributed by atoms with van der Waals surface area (Å²) in [6.07, 6.45) is 5.09. The van der Waals surface area contributed by atoms with Crippen LogP contribution in [0.1, 0.15) is 72.6 Å². The first-order valence-electron chi connectivity index (χ1n) is 10.3. The van der Waals surface area contributed by atoms with Crippen molar-refractivity contribution >= 4 is 17.5 Å². The Morgan fingerprint density at radius 3 is 2.40 bits per heavy atom. The van der Waals surface area contributed by atoms with Gasteiger partial charge in [0.1, 0.15) is 5.82 Å². The van der Waals surface area contributed by atoms with Gasteiger partial charge in [0.05, 0.1) is 16.8 Å². The second-order valence-corrected chi connectivity index (χ2v) is 8.87. The molecule has 1 aliphatic carbocycles. The summed E-state index contributed by atoms with van der Waals surface area (Å²) in [5.41, 5.74) is 1.24. The normalized spacial score (nSPS) is 19.4. The molecular weight excluding hydrogens is 415 g/mol. The largest absolute Gasteiger partial charge is 0.349 e. The second kappa shape index (κ2) is 9.00. The van der Waals surface area contributed by atoms with Crippen molar-refractivity contribution in [3.8, 4) is 0 Å². The molecule has 3 rings (SSSR count). The van der Waals surface area contributed by atoms with Crippen molar-refractivity contribution in [1.29, 1.82) is 0 Å². The zero-order chi connectivity index (χ0) is 22.2. The van der Waals surface area contributed by atoms with E-state index in [-0.39, 0.29) is 6.04 Å². The first-order valence-corrected chi connectivity index (χ1v) is 10.6. The van der Waals surface area contributed by atoms with Crippen LogP contribution in [0.15, 0.2) is 6.20 Å². The third-order valence-corrected chi connectivity index (χ3v) is 6.30. The number of nitrogens with one attached hydrogen (secondary N) is 1. The van der Waals surface area contributed by atoms with E-state index in [1.165, 1.54) is 11.3 Å². The quantitative estimate of drug-likeness (QED) is 0.479. The number of halogens is 4. The maximum Gasteiger partial charge on any atom is 0.256 e. The molecular formula is C22H27ClF3N3O. The molecule has 1 aromatic carbocycles. The van der Waals surface area contributed by atoms with E-state index in [0.29, 0.717) is 11.8 Å². The number of amides is 1. The summed E-state index contributed by atoms with van der Waals surface area (Å²) in [6, 6.07) is -0.165. The summed E-state index contributed by atoms with van der Waals surface area (Å²) in [5, 5.41) is 6.42. The summed E-state index contributed by atoms with van der Waals surface area (Å²) < 4.78 is 43.9. The molecule has 0 radical (unpaired) electrons. The molecule has 1 saturated carbocycles. The van der Waals surface area contributed by atoms with Crippen LogP contribution < -0.4 is 5.32 Å². The van der Waals surface area contributed by atoms with Gasteiger partial charge in [-0.15, -0.1) is 0 Å². The Balaban J connectivity index is 1.63. The minimum Gasteiger partial charge on any atom is -0.349 e. The van der Waals surface area contributed by atoms with Crippen LogP contribution in [0, 0.1) is 37.2 Å². The fraction of sp³-hybridized carbons (Fsp3) is 0.545. The molecule has 0 bridgehead atoms. The van der Waals surface area contributed by atoms with Crippen molar-refractivity contribution in [1.82, 2.24) is 15.1 Å². The highest BCUT2D eigenvalue weighted by Crippen LogP contribution is 2.31. The Kier molecular flexibility index (Phi) is 6.80. The summed E-state index contributed by atoms with van der Waals surface area (Å²) in [5.74, 6) is -3.89. The van der Waals surface area contributed by atoms with Crippen molar-refractivity contribution in [2.75, 3.05) is 0 Å². The molecule has 4 nitrogen and oxygen atoms in total. The van der Waals surface area contributed by atoms with Crippen LogP contribution in [-0.4, -0.2) is 21.7 Å². The number of rotatable bonds is 5. The summed E-state index contributed by atoms with van der Waals surface area (Å²) >= 11 is 5.72. The molecule has 2 aromatic rings. The van der Waals surface area contributed by atoms with Gasteiger partial charge in [-0.05, 0) is 56.9 Å². The highest BCUT2D eigenvalue weighted by atomic mass is 35.5. The van der Waals surface area contributed by atoms with Gasteiger partial charge in [0.2, 0.25) is 0 Å². The Morgan fingerprint density at radius 1 is 1.17 bits per heavy atom. The maximum absolute atomic E-state index is 14.4. The van der Waals surface area contributed by atoms with Crippen LogP contribution in [0.4, 0.5) is 13.2 Å². The highest BCUT2D eigenvalue weighted by Gasteiger charge is 2.29. The number of benzene rings is 1. The van der Waals surface area contributed by atoms with E-state index in [2.05, 4.69) is 35.9 Å². The standard InChI is InChI=1S/C22H27ClF3N3O/c1-11(2)21-12(3)9-27-29(21)10-14-5-7-15(8-6-14)28-22(30)16-17(23)20(26)19(25)13(4)18(16)24/h9,11,14-15H,5-8,10H2,1-4H3,(H,28,30). The lowest BCUT2D eigenvalue weighted by Gasteiger charge is -2.30. The molecule has 164 valence electrons. The summed E-state index contributed by atoms with van der Waals surface area (Å²) in [7, 11) is 0. The van der Waals surface area contributed by atoms with E-state index >= 15 is 0 Å². The van der Waals surface area contributed by atoms with Crippen molar-refractivity contribution in [3.05, 3.63) is 51.1 Å². The van der Waals surface area contributed by atoms with Crippen molar-refractivity contribution in [3.63, 3.8) is 0 Å². The third kappa shape index (κ3) is 4.36. The number of aryl methyl sites for hydroxylation is 1. The molecule has 1 N–H and O–H groups in total. The van der Waals surface area contributed by atoms with E-state index in [1.54, 1.807) is 0 Å². The van der Waals surface area contributed by atoms with Crippen molar-refractivity contribution < 1.29 is 18.0 Å². The van der Waals surface area contributed by atoms with E-state index in [0.717, 1.165) is 39.2 Å². The number of carbonyl (C=O) groups excluding carboxylic acids is 1. The monoisotopic (exact) mass is 441 g/mol. The molecule has 1 fully saturated rings. The van der Waals surface area contributed by atoms with E-state index in [4.69, 9.17) is 11.6 Å². The van der Waals surface area contributed by atoms with Crippen LogP contribution >= 0.6 is 11.6 Å². The summed E-state index contributed by atoms with van der Waals surface area (Å²) in [4.78, 5) is 12.5. The number of hydrogen-bond donors (Lipinski definition) is 1. The molecule has 0 saturated heterocycles. The molecule has 30 heavy (non-hydrogen) atoms. The van der Waals surface area contributed by atoms with Crippen LogP contribution in [0.3, 0.4) is 0 Å². The molecule has 0 atom stereocenters. The second-order valence-electron chi connectivity index (χ2n) is 8.50. The summed E-state index contributed by atoms with van der Waals surface area (Å²) in [6.45, 7) is 8.27. The Bertz CT molecular complexity index is 921. The zero-order valence-corrected chi connectivity index (χ0v) is 18.4. The molecule has 1 heterocycles. The highest BCUT2D eigenvalue weighted by molar-refractivity contribution is 6.34. The van der Waals surface area contributed by atoms with E-state index < -0.39 is 39.5 Å². The van der Waals surface area contributed by atoms with Gasteiger partial charge in [-0.3, -0.25) is 9.48 Å². The van der Waals surface area contributed by atoms with Crippen LogP contribution in [0.2, 0.25) is 5.02 Å². The molecule has 1 aliphatic rings. The molecule has 1 amide bonds. The SMILES string of the molecule is Cc1cnn(CC2CCC(NC(=O)c3c(F)c(C)c(F)c(F)c3Cl)CC2)c1C(C)C. The number of hydrogen-bond acceptors (Lipinski definition) is 2. The van der Waals surface area contributed by atoms with Crippen molar-refractivity contribution in [2.24, 2.45) is 5.92 Å². The van der Waals surface area contributed by atoms with Crippen LogP contribution in [-0.2, 0) is 6.54 Å². The van der Waals surface area contributed by atoms with Gasteiger partial charge in [-0.2, -0.15) is 5.10 Å². The third-order valence-electron chi connectivity index (χ3n) is 5.94. The van der Waals surface area contributed by atoms with Gasteiger partial charge in [-0.1, -0.05) is 25.4 Å². The number of aromatic nitrogens is 2. The van der Waals surface area contributed by atoms with Gasteiger partial charge >= 0.3 is 0 Å². The Hall–Kier alpha value is -2.02. The van der Waals surface area contributed by atoms with Gasteiger partial charge in [0.25, 0.3) is 5.91 Å². The molecule has 8 heteroatoms. The Labute approximate surface area is 179 Å². The van der Waals surface area contributed by atoms with E-state index in [9.17, 15) is 18.0 Å². The lowest BCUT2D eigenvalue weighted by Crippen LogP contribution is -2.39. The van der Waals surface area contributed by atoms with Crippen molar-refractivity contribution in [2.45, 2.75) is 71.9 Å². The predicted molar refractivity (Wildman–Crippen MR) is 110 cm³/mol. The Morgan fingerprint density at radius 2 is 1.80 bits per heavy atom. The first kappa shape index (κ1) is 22.7. The fourth-order valence-corrected chi connectivity index (χ4v) is 4.58. The average molecular weight is 442 g/mol. The number of carbonyl (C=O) groups is 1. The predicted octanol–water partition coefficient (Wildman–Crippen LogP) is 5.68. The van der Waals surface area contributed by atoms with Gasteiger partial charge in [0.15, 0.2) is 11.6 Å². The lowest BCUT2D eigenvalue weighted by molar-refractivity contribution is 0.0915. The molecule has 0 unspecified atom stereocenters. The lowest BCUT2D eigenvalue weighted by atomic mass is 9.85. The van der Waals surface area contributed by atoms with Gasteiger partial charge < -0.3 is 5.32 Å².